The van der Waals surface area contributed by atoms with Gasteiger partial charge in [0.2, 0.25) is 0 Å². The number of benzene rings is 2. The van der Waals surface area contributed by atoms with E-state index >= 15 is 0 Å². The Bertz CT molecular complexity index is 532. The van der Waals surface area contributed by atoms with Crippen molar-refractivity contribution in [2.45, 2.75) is 12.8 Å². The molecule has 1 unspecified atom stereocenters. The average molecular weight is 267 g/mol. The summed E-state index contributed by atoms with van der Waals surface area (Å²) in [5.41, 5.74) is 2.39. The predicted molar refractivity (Wildman–Crippen MR) is 83.0 cm³/mol. The van der Waals surface area contributed by atoms with Gasteiger partial charge >= 0.3 is 0 Å². The Balaban J connectivity index is 1.73. The van der Waals surface area contributed by atoms with Gasteiger partial charge in [0, 0.05) is 18.0 Å². The van der Waals surface area contributed by atoms with Gasteiger partial charge in [0.15, 0.2) is 0 Å². The van der Waals surface area contributed by atoms with Crippen molar-refractivity contribution in [2.24, 2.45) is 5.92 Å². The van der Waals surface area contributed by atoms with Crippen molar-refractivity contribution < 1.29 is 4.74 Å². The average Bonchev–Trinajstić information content (AvgIpc) is 2.55. The molecule has 1 atom stereocenters. The van der Waals surface area contributed by atoms with Crippen LogP contribution in [0.3, 0.4) is 0 Å². The molecule has 2 aromatic carbocycles. The van der Waals surface area contributed by atoms with E-state index in [0.29, 0.717) is 5.92 Å². The first kappa shape index (κ1) is 13.2. The summed E-state index contributed by atoms with van der Waals surface area (Å²) in [6.45, 7) is 3.03. The SMILES string of the molecule is c1ccc(-c2ccccc2OCC2CCCNC2)cc1. The van der Waals surface area contributed by atoms with Crippen LogP contribution in [0.2, 0.25) is 0 Å². The molecular weight excluding hydrogens is 246 g/mol. The molecule has 0 spiro atoms. The first-order chi connectivity index (χ1) is 9.93. The van der Waals surface area contributed by atoms with Crippen LogP contribution in [0.4, 0.5) is 0 Å². The van der Waals surface area contributed by atoms with Crippen LogP contribution in [0.25, 0.3) is 11.1 Å². The van der Waals surface area contributed by atoms with Crippen LogP contribution in [-0.4, -0.2) is 19.7 Å². The van der Waals surface area contributed by atoms with Gasteiger partial charge < -0.3 is 10.1 Å². The fraction of sp³-hybridized carbons (Fsp3) is 0.333. The number of ether oxygens (including phenoxy) is 1. The van der Waals surface area contributed by atoms with E-state index in [1.165, 1.54) is 24.0 Å². The standard InChI is InChI=1S/C18H21NO/c1-2-8-16(9-3-1)17-10-4-5-11-18(17)20-14-15-7-6-12-19-13-15/h1-5,8-11,15,19H,6-7,12-14H2. The van der Waals surface area contributed by atoms with Gasteiger partial charge in [-0.1, -0.05) is 48.5 Å². The normalized spacial score (nSPS) is 18.7. The lowest BCUT2D eigenvalue weighted by Crippen LogP contribution is -2.33. The Kier molecular flexibility index (Phi) is 4.34. The third-order valence-corrected chi connectivity index (χ3v) is 3.85. The van der Waals surface area contributed by atoms with Gasteiger partial charge in [-0.2, -0.15) is 0 Å². The summed E-state index contributed by atoms with van der Waals surface area (Å²) in [6, 6.07) is 18.7. The van der Waals surface area contributed by atoms with Crippen LogP contribution in [0.1, 0.15) is 12.8 Å². The van der Waals surface area contributed by atoms with Crippen molar-refractivity contribution in [3.8, 4) is 16.9 Å². The summed E-state index contributed by atoms with van der Waals surface area (Å²) < 4.78 is 6.09. The quantitative estimate of drug-likeness (QED) is 0.911. The molecule has 1 saturated heterocycles. The van der Waals surface area contributed by atoms with Crippen LogP contribution < -0.4 is 10.1 Å². The molecule has 2 heteroatoms. The maximum atomic E-state index is 6.09. The van der Waals surface area contributed by atoms with E-state index in [0.717, 1.165) is 25.4 Å². The van der Waals surface area contributed by atoms with Gasteiger partial charge in [0.05, 0.1) is 6.61 Å². The first-order valence-corrected chi connectivity index (χ1v) is 7.41. The zero-order chi connectivity index (χ0) is 13.6. The molecule has 0 radical (unpaired) electrons. The van der Waals surface area contributed by atoms with E-state index in [4.69, 9.17) is 4.74 Å². The molecule has 1 aliphatic rings. The topological polar surface area (TPSA) is 21.3 Å². The third kappa shape index (κ3) is 3.20. The Morgan fingerprint density at radius 1 is 1.00 bits per heavy atom. The second-order valence-corrected chi connectivity index (χ2v) is 5.39. The first-order valence-electron chi connectivity index (χ1n) is 7.41. The molecular formula is C18H21NO. The van der Waals surface area contributed by atoms with Crippen LogP contribution in [0, 0.1) is 5.92 Å². The van der Waals surface area contributed by atoms with E-state index < -0.39 is 0 Å². The molecule has 2 nitrogen and oxygen atoms in total. The molecule has 104 valence electrons. The van der Waals surface area contributed by atoms with Gasteiger partial charge in [0.1, 0.15) is 5.75 Å². The van der Waals surface area contributed by atoms with Crippen molar-refractivity contribution in [1.82, 2.24) is 5.32 Å². The highest BCUT2D eigenvalue weighted by Crippen LogP contribution is 2.30. The maximum absolute atomic E-state index is 6.09. The van der Waals surface area contributed by atoms with Crippen molar-refractivity contribution in [3.05, 3.63) is 54.6 Å². The Morgan fingerprint density at radius 3 is 2.60 bits per heavy atom. The summed E-state index contributed by atoms with van der Waals surface area (Å²) in [6.07, 6.45) is 2.52. The predicted octanol–water partition coefficient (Wildman–Crippen LogP) is 3.73. The van der Waals surface area contributed by atoms with Crippen LogP contribution in [-0.2, 0) is 0 Å². The van der Waals surface area contributed by atoms with Crippen molar-refractivity contribution in [2.75, 3.05) is 19.7 Å². The van der Waals surface area contributed by atoms with Crippen LogP contribution >= 0.6 is 0 Å². The molecule has 0 bridgehead atoms. The van der Waals surface area contributed by atoms with Gasteiger partial charge in [-0.15, -0.1) is 0 Å². The minimum atomic E-state index is 0.632. The molecule has 0 aromatic heterocycles. The highest BCUT2D eigenvalue weighted by atomic mass is 16.5. The largest absolute Gasteiger partial charge is 0.493 e. The summed E-state index contributed by atoms with van der Waals surface area (Å²) in [4.78, 5) is 0. The fourth-order valence-electron chi connectivity index (χ4n) is 2.72. The van der Waals surface area contributed by atoms with Gasteiger partial charge in [-0.05, 0) is 31.0 Å². The molecule has 20 heavy (non-hydrogen) atoms. The van der Waals surface area contributed by atoms with E-state index in [1.807, 2.05) is 12.1 Å². The zero-order valence-corrected chi connectivity index (χ0v) is 11.7. The lowest BCUT2D eigenvalue weighted by molar-refractivity contribution is 0.219. The number of nitrogens with one attached hydrogen (secondary N) is 1. The van der Waals surface area contributed by atoms with Gasteiger partial charge in [-0.25, -0.2) is 0 Å². The van der Waals surface area contributed by atoms with Gasteiger partial charge in [-0.3, -0.25) is 0 Å². The van der Waals surface area contributed by atoms with E-state index in [-0.39, 0.29) is 0 Å². The van der Waals surface area contributed by atoms with Crippen molar-refractivity contribution >= 4 is 0 Å². The summed E-state index contributed by atoms with van der Waals surface area (Å²) in [7, 11) is 0. The smallest absolute Gasteiger partial charge is 0.127 e. The molecule has 0 aliphatic carbocycles. The third-order valence-electron chi connectivity index (χ3n) is 3.85. The Labute approximate surface area is 120 Å². The van der Waals surface area contributed by atoms with Crippen LogP contribution in [0.15, 0.2) is 54.6 Å². The molecule has 1 fully saturated rings. The van der Waals surface area contributed by atoms with Gasteiger partial charge in [0.25, 0.3) is 0 Å². The molecule has 0 amide bonds. The Morgan fingerprint density at radius 2 is 1.80 bits per heavy atom. The lowest BCUT2D eigenvalue weighted by Gasteiger charge is -2.23. The zero-order valence-electron chi connectivity index (χ0n) is 11.7. The maximum Gasteiger partial charge on any atom is 0.127 e. The van der Waals surface area contributed by atoms with Crippen molar-refractivity contribution in [3.63, 3.8) is 0 Å². The molecule has 3 rings (SSSR count). The second-order valence-electron chi connectivity index (χ2n) is 5.39. The van der Waals surface area contributed by atoms with Crippen molar-refractivity contribution in [1.29, 1.82) is 0 Å². The highest BCUT2D eigenvalue weighted by Gasteiger charge is 2.14. The van der Waals surface area contributed by atoms with E-state index in [2.05, 4.69) is 47.8 Å². The van der Waals surface area contributed by atoms with E-state index in [9.17, 15) is 0 Å². The number of hydrogen-bond acceptors (Lipinski definition) is 2. The Hall–Kier alpha value is -1.80. The highest BCUT2D eigenvalue weighted by molar-refractivity contribution is 5.70. The molecule has 1 heterocycles. The van der Waals surface area contributed by atoms with Crippen LogP contribution in [0.5, 0.6) is 5.75 Å². The molecule has 0 saturated carbocycles. The number of para-hydroxylation sites is 1. The number of piperidine rings is 1. The summed E-state index contributed by atoms with van der Waals surface area (Å²) >= 11 is 0. The van der Waals surface area contributed by atoms with E-state index in [1.54, 1.807) is 0 Å². The lowest BCUT2D eigenvalue weighted by atomic mass is 10.0. The molecule has 1 N–H and O–H groups in total. The fourth-order valence-corrected chi connectivity index (χ4v) is 2.72. The molecule has 2 aromatic rings. The second kappa shape index (κ2) is 6.58. The number of rotatable bonds is 4. The minimum Gasteiger partial charge on any atom is -0.493 e. The summed E-state index contributed by atoms with van der Waals surface area (Å²) in [5, 5.41) is 3.44. The number of hydrogen-bond donors (Lipinski definition) is 1. The molecule has 1 aliphatic heterocycles. The summed E-state index contributed by atoms with van der Waals surface area (Å²) in [5.74, 6) is 1.62. The monoisotopic (exact) mass is 267 g/mol. The minimum absolute atomic E-state index is 0.632.